The number of benzene rings is 2. The average molecular weight is 491 g/mol. The molecule has 0 radical (unpaired) electrons. The molecule has 0 saturated heterocycles. The number of aromatic amines is 1. The van der Waals surface area contributed by atoms with Crippen LogP contribution >= 0.6 is 0 Å². The molecule has 0 aliphatic heterocycles. The van der Waals surface area contributed by atoms with Crippen molar-refractivity contribution < 1.29 is 21.6 Å². The molecule has 0 unspecified atom stereocenters. The summed E-state index contributed by atoms with van der Waals surface area (Å²) in [7, 11) is -0.241. The highest BCUT2D eigenvalue weighted by Crippen LogP contribution is 2.36. The first-order valence-corrected chi connectivity index (χ1v) is 11.6. The second kappa shape index (κ2) is 8.70. The molecule has 3 N–H and O–H groups in total. The average Bonchev–Trinajstić information content (AvgIpc) is 3.43. The van der Waals surface area contributed by atoms with E-state index in [9.17, 15) is 21.6 Å². The summed E-state index contributed by atoms with van der Waals surface area (Å²) in [5.74, 6) is 0. The number of hydrogen-bond donors (Lipinski definition) is 2. The number of primary sulfonamides is 1. The number of nitrogens with zero attached hydrogens (tertiary/aromatic N) is 4. The van der Waals surface area contributed by atoms with Crippen molar-refractivity contribution in [2.75, 3.05) is 14.1 Å². The maximum Gasteiger partial charge on any atom is 0.435 e. The maximum atomic E-state index is 13.7. The number of alkyl halides is 3. The first-order valence-electron chi connectivity index (χ1n) is 10.0. The van der Waals surface area contributed by atoms with Crippen molar-refractivity contribution in [3.8, 4) is 28.2 Å². The summed E-state index contributed by atoms with van der Waals surface area (Å²) in [6.07, 6.45) is -3.09. The van der Waals surface area contributed by atoms with Gasteiger partial charge in [-0.25, -0.2) is 18.2 Å². The normalized spacial score (nSPS) is 12.4. The van der Waals surface area contributed by atoms with E-state index >= 15 is 0 Å². The lowest BCUT2D eigenvalue weighted by molar-refractivity contribution is -0.141. The fourth-order valence-corrected chi connectivity index (χ4v) is 4.08. The van der Waals surface area contributed by atoms with Gasteiger partial charge in [-0.1, -0.05) is 12.1 Å². The van der Waals surface area contributed by atoms with E-state index in [1.54, 1.807) is 18.3 Å². The third-order valence-electron chi connectivity index (χ3n) is 5.09. The van der Waals surface area contributed by atoms with Crippen LogP contribution in [-0.2, 0) is 22.7 Å². The van der Waals surface area contributed by atoms with E-state index in [-0.39, 0.29) is 16.3 Å². The molecule has 4 rings (SSSR count). The Morgan fingerprint density at radius 2 is 1.76 bits per heavy atom. The van der Waals surface area contributed by atoms with E-state index in [2.05, 4.69) is 15.3 Å². The Morgan fingerprint density at radius 3 is 2.32 bits per heavy atom. The van der Waals surface area contributed by atoms with E-state index < -0.39 is 21.9 Å². The maximum absolute atomic E-state index is 13.7. The van der Waals surface area contributed by atoms with Crippen LogP contribution < -0.4 is 5.14 Å². The van der Waals surface area contributed by atoms with Crippen LogP contribution in [0.5, 0.6) is 0 Å². The first kappa shape index (κ1) is 23.7. The zero-order chi connectivity index (χ0) is 24.7. The second-order valence-corrected chi connectivity index (χ2v) is 9.50. The Balaban J connectivity index is 1.94. The molecule has 2 aromatic carbocycles. The number of halogens is 3. The Bertz CT molecular complexity index is 1410. The van der Waals surface area contributed by atoms with Crippen LogP contribution in [0.2, 0.25) is 0 Å². The molecule has 2 heterocycles. The van der Waals surface area contributed by atoms with Gasteiger partial charge in [0.05, 0.1) is 22.0 Å². The van der Waals surface area contributed by atoms with Crippen LogP contribution in [0, 0.1) is 0 Å². The summed E-state index contributed by atoms with van der Waals surface area (Å²) in [4.78, 5) is 1.75. The Hall–Kier alpha value is -3.48. The van der Waals surface area contributed by atoms with Crippen LogP contribution in [-0.4, -0.2) is 47.4 Å². The molecular weight excluding hydrogens is 469 g/mol. The second-order valence-electron chi connectivity index (χ2n) is 7.94. The number of H-pyrrole nitrogens is 1. The zero-order valence-electron chi connectivity index (χ0n) is 18.2. The third-order valence-corrected chi connectivity index (χ3v) is 6.02. The van der Waals surface area contributed by atoms with E-state index in [0.29, 0.717) is 17.8 Å². The number of nitrogens with one attached hydrogen (secondary N) is 1. The minimum absolute atomic E-state index is 0.157. The Kier molecular flexibility index (Phi) is 6.06. The number of sulfonamides is 1. The summed E-state index contributed by atoms with van der Waals surface area (Å²) >= 11 is 0. The summed E-state index contributed by atoms with van der Waals surface area (Å²) in [6, 6.07) is 13.4. The minimum atomic E-state index is -4.68. The van der Waals surface area contributed by atoms with Crippen LogP contribution in [0.1, 0.15) is 11.3 Å². The molecule has 0 fully saturated rings. The molecule has 2 aromatic heterocycles. The monoisotopic (exact) mass is 490 g/mol. The molecular formula is C22H21F3N6O2S. The van der Waals surface area contributed by atoms with Crippen molar-refractivity contribution in [3.63, 3.8) is 0 Å². The lowest BCUT2D eigenvalue weighted by Crippen LogP contribution is -2.13. The van der Waals surface area contributed by atoms with Gasteiger partial charge in [0, 0.05) is 23.9 Å². The van der Waals surface area contributed by atoms with Gasteiger partial charge in [-0.2, -0.15) is 23.4 Å². The minimum Gasteiger partial charge on any atom is -0.305 e. The lowest BCUT2D eigenvalue weighted by Gasteiger charge is -2.17. The van der Waals surface area contributed by atoms with Gasteiger partial charge < -0.3 is 4.90 Å². The molecule has 0 atom stereocenters. The molecule has 0 spiro atoms. The number of rotatable bonds is 6. The highest BCUT2D eigenvalue weighted by Gasteiger charge is 2.35. The van der Waals surface area contributed by atoms with E-state index in [0.717, 1.165) is 21.9 Å². The van der Waals surface area contributed by atoms with Crippen molar-refractivity contribution in [1.29, 1.82) is 0 Å². The number of hydrogen-bond acceptors (Lipinski definition) is 5. The molecule has 0 amide bonds. The van der Waals surface area contributed by atoms with Crippen LogP contribution in [0.25, 0.3) is 28.2 Å². The van der Waals surface area contributed by atoms with Crippen molar-refractivity contribution in [3.05, 3.63) is 72.1 Å². The van der Waals surface area contributed by atoms with Crippen molar-refractivity contribution >= 4 is 10.0 Å². The summed E-state index contributed by atoms with van der Waals surface area (Å²) in [5, 5.41) is 15.8. The van der Waals surface area contributed by atoms with Gasteiger partial charge in [0.1, 0.15) is 0 Å². The number of nitrogens with two attached hydrogens (primary N) is 1. The molecule has 34 heavy (non-hydrogen) atoms. The fraction of sp³-hybridized carbons (Fsp3) is 0.182. The van der Waals surface area contributed by atoms with Gasteiger partial charge in [-0.05, 0) is 62.1 Å². The Morgan fingerprint density at radius 1 is 1.06 bits per heavy atom. The highest BCUT2D eigenvalue weighted by atomic mass is 32.2. The van der Waals surface area contributed by atoms with E-state index in [1.807, 2.05) is 31.1 Å². The van der Waals surface area contributed by atoms with Gasteiger partial charge in [-0.15, -0.1) is 0 Å². The first-order chi connectivity index (χ1) is 15.9. The lowest BCUT2D eigenvalue weighted by atomic mass is 9.99. The van der Waals surface area contributed by atoms with Crippen LogP contribution in [0.3, 0.4) is 0 Å². The third kappa shape index (κ3) is 4.88. The fourth-order valence-electron chi connectivity index (χ4n) is 3.56. The summed E-state index contributed by atoms with van der Waals surface area (Å²) < 4.78 is 65.3. The van der Waals surface area contributed by atoms with Gasteiger partial charge in [0.25, 0.3) is 0 Å². The van der Waals surface area contributed by atoms with Crippen molar-refractivity contribution in [2.24, 2.45) is 5.14 Å². The molecule has 0 saturated carbocycles. The quantitative estimate of drug-likeness (QED) is 0.429. The predicted octanol–water partition coefficient (Wildman–Crippen LogP) is 3.66. The summed E-state index contributed by atoms with van der Waals surface area (Å²) in [5.41, 5.74) is 2.15. The van der Waals surface area contributed by atoms with E-state index in [4.69, 9.17) is 5.14 Å². The van der Waals surface area contributed by atoms with Crippen LogP contribution in [0.4, 0.5) is 13.2 Å². The van der Waals surface area contributed by atoms with Gasteiger partial charge >= 0.3 is 6.18 Å². The molecule has 178 valence electrons. The number of aromatic nitrogens is 4. The molecule has 0 bridgehead atoms. The SMILES string of the molecule is CN(C)Cc1ccc(-c2ccn[nH]2)cc1-c1cc(C(F)(F)F)nn1-c1ccc(S(N)(=O)=O)cc1. The Labute approximate surface area is 193 Å². The summed E-state index contributed by atoms with van der Waals surface area (Å²) in [6.45, 7) is 0.468. The van der Waals surface area contributed by atoms with Crippen molar-refractivity contribution in [2.45, 2.75) is 17.6 Å². The smallest absolute Gasteiger partial charge is 0.305 e. The standard InChI is InChI=1S/C22H21F3N6O2S/c1-30(2)13-15-4-3-14(19-9-10-27-28-19)11-18(15)20-12-21(22(23,24)25)29-31(20)16-5-7-17(8-6-16)34(26,32)33/h3-12H,13H2,1-2H3,(H,27,28)(H2,26,32,33). The largest absolute Gasteiger partial charge is 0.435 e. The highest BCUT2D eigenvalue weighted by molar-refractivity contribution is 7.89. The predicted molar refractivity (Wildman–Crippen MR) is 120 cm³/mol. The van der Waals surface area contributed by atoms with E-state index in [1.165, 1.54) is 24.3 Å². The van der Waals surface area contributed by atoms with Gasteiger partial charge in [0.15, 0.2) is 5.69 Å². The molecule has 8 nitrogen and oxygen atoms in total. The molecule has 0 aliphatic carbocycles. The molecule has 12 heteroatoms. The molecule has 4 aromatic rings. The van der Waals surface area contributed by atoms with Crippen LogP contribution in [0.15, 0.2) is 65.7 Å². The zero-order valence-corrected chi connectivity index (χ0v) is 19.0. The van der Waals surface area contributed by atoms with Gasteiger partial charge in [0.2, 0.25) is 10.0 Å². The van der Waals surface area contributed by atoms with Crippen molar-refractivity contribution in [1.82, 2.24) is 24.9 Å². The molecule has 0 aliphatic rings. The topological polar surface area (TPSA) is 110 Å². The van der Waals surface area contributed by atoms with Gasteiger partial charge in [-0.3, -0.25) is 5.10 Å².